The Morgan fingerprint density at radius 1 is 1.03 bits per heavy atom. The standard InChI is InChI=1S/C29H25N3O3S/c1-19(21-8-4-3-5-9-21)32-28(33)24(31-29(32)36)17-20-13-14-25(34-2)23(16-20)18-35-26-12-6-10-22-11-7-15-30-27(22)26/h3-17,19H,18H2,1-2H3,(H,31,36)/b24-17-. The van der Waals surface area contributed by atoms with E-state index in [1.807, 2.05) is 85.8 Å². The van der Waals surface area contributed by atoms with Gasteiger partial charge in [-0.2, -0.15) is 0 Å². The first kappa shape index (κ1) is 23.5. The number of para-hydroxylation sites is 1. The molecule has 0 bridgehead atoms. The third-order valence-corrected chi connectivity index (χ3v) is 6.47. The Labute approximate surface area is 215 Å². The molecule has 0 spiro atoms. The van der Waals surface area contributed by atoms with Crippen LogP contribution in [0.25, 0.3) is 17.0 Å². The maximum Gasteiger partial charge on any atom is 0.277 e. The number of methoxy groups -OCH3 is 1. The van der Waals surface area contributed by atoms with Gasteiger partial charge in [-0.05, 0) is 60.6 Å². The van der Waals surface area contributed by atoms with Crippen molar-refractivity contribution in [3.05, 3.63) is 107 Å². The van der Waals surface area contributed by atoms with Gasteiger partial charge in [-0.1, -0.05) is 54.6 Å². The summed E-state index contributed by atoms with van der Waals surface area (Å²) in [5.74, 6) is 1.24. The summed E-state index contributed by atoms with van der Waals surface area (Å²) in [5, 5.41) is 4.48. The smallest absolute Gasteiger partial charge is 0.277 e. The fourth-order valence-corrected chi connectivity index (χ4v) is 4.65. The SMILES string of the molecule is COc1ccc(/C=C2\NC(=S)N(C(C)c3ccccc3)C2=O)cc1COc1cccc2cccnc12. The number of aromatic nitrogens is 1. The van der Waals surface area contributed by atoms with Gasteiger partial charge in [-0.3, -0.25) is 14.7 Å². The zero-order chi connectivity index (χ0) is 25.1. The predicted molar refractivity (Wildman–Crippen MR) is 144 cm³/mol. The summed E-state index contributed by atoms with van der Waals surface area (Å²) >= 11 is 5.49. The van der Waals surface area contributed by atoms with Crippen LogP contribution in [-0.2, 0) is 11.4 Å². The van der Waals surface area contributed by atoms with Gasteiger partial charge >= 0.3 is 0 Å². The topological polar surface area (TPSA) is 63.7 Å². The van der Waals surface area contributed by atoms with Crippen molar-refractivity contribution in [2.75, 3.05) is 7.11 Å². The van der Waals surface area contributed by atoms with E-state index < -0.39 is 0 Å². The van der Waals surface area contributed by atoms with E-state index in [1.54, 1.807) is 24.3 Å². The summed E-state index contributed by atoms with van der Waals surface area (Å²) in [6.07, 6.45) is 3.55. The van der Waals surface area contributed by atoms with Crippen LogP contribution in [-0.4, -0.2) is 28.0 Å². The zero-order valence-electron chi connectivity index (χ0n) is 20.0. The molecule has 1 amide bonds. The number of rotatable bonds is 7. The first-order valence-electron chi connectivity index (χ1n) is 11.6. The number of ether oxygens (including phenoxy) is 2. The average Bonchev–Trinajstić information content (AvgIpc) is 3.19. The Kier molecular flexibility index (Phi) is 6.64. The summed E-state index contributed by atoms with van der Waals surface area (Å²) in [6, 6.07) is 25.1. The number of amides is 1. The molecule has 0 aliphatic carbocycles. The summed E-state index contributed by atoms with van der Waals surface area (Å²) in [4.78, 5) is 19.3. The molecule has 1 unspecified atom stereocenters. The predicted octanol–water partition coefficient (Wildman–Crippen LogP) is 5.64. The molecule has 36 heavy (non-hydrogen) atoms. The Bertz CT molecular complexity index is 1460. The van der Waals surface area contributed by atoms with Crippen molar-refractivity contribution in [3.8, 4) is 11.5 Å². The van der Waals surface area contributed by atoms with Gasteiger partial charge in [0.25, 0.3) is 5.91 Å². The van der Waals surface area contributed by atoms with Crippen molar-refractivity contribution in [2.45, 2.75) is 19.6 Å². The van der Waals surface area contributed by atoms with Crippen LogP contribution in [0.15, 0.2) is 90.8 Å². The molecule has 4 aromatic rings. The second-order valence-electron chi connectivity index (χ2n) is 8.44. The first-order valence-corrected chi connectivity index (χ1v) is 12.0. The lowest BCUT2D eigenvalue weighted by molar-refractivity contribution is -0.123. The Morgan fingerprint density at radius 3 is 2.64 bits per heavy atom. The van der Waals surface area contributed by atoms with Gasteiger partial charge in [0.15, 0.2) is 5.11 Å². The van der Waals surface area contributed by atoms with Gasteiger partial charge in [0.05, 0.1) is 13.2 Å². The van der Waals surface area contributed by atoms with Gasteiger partial charge in [0.1, 0.15) is 29.3 Å². The maximum atomic E-state index is 13.2. The average molecular weight is 496 g/mol. The number of pyridine rings is 1. The molecule has 1 N–H and O–H groups in total. The lowest BCUT2D eigenvalue weighted by Gasteiger charge is -2.23. The minimum atomic E-state index is -0.182. The third kappa shape index (κ3) is 4.65. The van der Waals surface area contributed by atoms with Gasteiger partial charge in [0, 0.05) is 17.1 Å². The Balaban J connectivity index is 1.38. The molecule has 0 saturated carbocycles. The van der Waals surface area contributed by atoms with E-state index in [0.29, 0.717) is 22.3 Å². The molecule has 1 aromatic heterocycles. The van der Waals surface area contributed by atoms with Crippen LogP contribution in [0.4, 0.5) is 0 Å². The van der Waals surface area contributed by atoms with E-state index in [0.717, 1.165) is 27.6 Å². The highest BCUT2D eigenvalue weighted by molar-refractivity contribution is 7.80. The quantitative estimate of drug-likeness (QED) is 0.264. The second kappa shape index (κ2) is 10.2. The molecule has 1 atom stereocenters. The molecular weight excluding hydrogens is 470 g/mol. The van der Waals surface area contributed by atoms with Crippen LogP contribution in [0.3, 0.4) is 0 Å². The third-order valence-electron chi connectivity index (χ3n) is 6.17. The molecule has 1 aliphatic rings. The number of hydrogen-bond donors (Lipinski definition) is 1. The lowest BCUT2D eigenvalue weighted by Crippen LogP contribution is -2.33. The molecular formula is C29H25N3O3S. The fourth-order valence-electron chi connectivity index (χ4n) is 4.30. The van der Waals surface area contributed by atoms with E-state index >= 15 is 0 Å². The van der Waals surface area contributed by atoms with Gasteiger partial charge < -0.3 is 14.8 Å². The maximum absolute atomic E-state index is 13.2. The summed E-state index contributed by atoms with van der Waals surface area (Å²) < 4.78 is 11.7. The van der Waals surface area contributed by atoms with Crippen molar-refractivity contribution in [2.24, 2.45) is 0 Å². The second-order valence-corrected chi connectivity index (χ2v) is 8.83. The number of thiocarbonyl (C=S) groups is 1. The number of carbonyl (C=O) groups excluding carboxylic acids is 1. The molecule has 1 saturated heterocycles. The van der Waals surface area contributed by atoms with E-state index in [4.69, 9.17) is 21.7 Å². The Morgan fingerprint density at radius 2 is 1.83 bits per heavy atom. The summed E-state index contributed by atoms with van der Waals surface area (Å²) in [5.41, 5.74) is 3.93. The van der Waals surface area contributed by atoms with Crippen LogP contribution in [0.5, 0.6) is 11.5 Å². The number of hydrogen-bond acceptors (Lipinski definition) is 5. The lowest BCUT2D eigenvalue weighted by atomic mass is 10.1. The number of nitrogens with zero attached hydrogens (tertiary/aromatic N) is 2. The highest BCUT2D eigenvalue weighted by atomic mass is 32.1. The summed E-state index contributed by atoms with van der Waals surface area (Å²) in [7, 11) is 1.62. The summed E-state index contributed by atoms with van der Waals surface area (Å²) in [6.45, 7) is 2.25. The van der Waals surface area contributed by atoms with Gasteiger partial charge in [-0.25, -0.2) is 0 Å². The van der Waals surface area contributed by atoms with Crippen LogP contribution < -0.4 is 14.8 Å². The molecule has 3 aromatic carbocycles. The van der Waals surface area contributed by atoms with Crippen molar-refractivity contribution in [3.63, 3.8) is 0 Å². The van der Waals surface area contributed by atoms with Gasteiger partial charge in [0.2, 0.25) is 0 Å². The number of nitrogens with one attached hydrogen (secondary N) is 1. The molecule has 2 heterocycles. The fraction of sp³-hybridized carbons (Fsp3) is 0.138. The van der Waals surface area contributed by atoms with Crippen LogP contribution in [0, 0.1) is 0 Å². The molecule has 1 fully saturated rings. The minimum Gasteiger partial charge on any atom is -0.496 e. The van der Waals surface area contributed by atoms with Crippen LogP contribution in [0.2, 0.25) is 0 Å². The van der Waals surface area contributed by atoms with E-state index in [-0.39, 0.29) is 18.6 Å². The van der Waals surface area contributed by atoms with Crippen LogP contribution >= 0.6 is 12.2 Å². The first-order chi connectivity index (χ1) is 17.5. The molecule has 5 rings (SSSR count). The van der Waals surface area contributed by atoms with E-state index in [9.17, 15) is 4.79 Å². The number of fused-ring (bicyclic) bond motifs is 1. The van der Waals surface area contributed by atoms with Crippen molar-refractivity contribution < 1.29 is 14.3 Å². The Hall–Kier alpha value is -4.23. The molecule has 180 valence electrons. The number of carbonyl (C=O) groups is 1. The highest BCUT2D eigenvalue weighted by Gasteiger charge is 2.34. The van der Waals surface area contributed by atoms with Gasteiger partial charge in [-0.15, -0.1) is 0 Å². The zero-order valence-corrected chi connectivity index (χ0v) is 20.8. The molecule has 0 radical (unpaired) electrons. The van der Waals surface area contributed by atoms with Crippen LogP contribution in [0.1, 0.15) is 29.7 Å². The van der Waals surface area contributed by atoms with Crippen molar-refractivity contribution >= 4 is 40.2 Å². The monoisotopic (exact) mass is 495 g/mol. The highest BCUT2D eigenvalue weighted by Crippen LogP contribution is 2.29. The largest absolute Gasteiger partial charge is 0.496 e. The van der Waals surface area contributed by atoms with Crippen molar-refractivity contribution in [1.29, 1.82) is 0 Å². The number of benzene rings is 3. The molecule has 1 aliphatic heterocycles. The van der Waals surface area contributed by atoms with E-state index in [1.165, 1.54) is 0 Å². The normalized spacial score (nSPS) is 15.3. The molecule has 7 heteroatoms. The minimum absolute atomic E-state index is 0.160. The van der Waals surface area contributed by atoms with Crippen molar-refractivity contribution in [1.82, 2.24) is 15.2 Å². The van der Waals surface area contributed by atoms with E-state index in [2.05, 4.69) is 10.3 Å². The molecule has 6 nitrogen and oxygen atoms in total.